The molecule has 1 aromatic rings. The van der Waals surface area contributed by atoms with Crippen LogP contribution in [0.1, 0.15) is 19.3 Å². The Hall–Kier alpha value is -1.60. The number of aliphatic hydroxyl groups excluding tert-OH is 1. The Labute approximate surface area is 136 Å². The third-order valence-corrected chi connectivity index (χ3v) is 5.56. The number of nitrogens with zero attached hydrogens (tertiary/aromatic N) is 4. The van der Waals surface area contributed by atoms with Gasteiger partial charge in [0.15, 0.2) is 0 Å². The first-order valence-corrected chi connectivity index (χ1v) is 8.53. The van der Waals surface area contributed by atoms with Crippen LogP contribution in [0.4, 0.5) is 17.6 Å². The topological polar surface area (TPSA) is 87.7 Å². The van der Waals surface area contributed by atoms with E-state index < -0.39 is 0 Å². The lowest BCUT2D eigenvalue weighted by molar-refractivity contribution is -0.0543. The molecule has 23 heavy (non-hydrogen) atoms. The summed E-state index contributed by atoms with van der Waals surface area (Å²) in [5.41, 5.74) is 5.87. The van der Waals surface area contributed by atoms with E-state index in [-0.39, 0.29) is 12.0 Å². The largest absolute Gasteiger partial charge is 0.396 e. The van der Waals surface area contributed by atoms with Crippen molar-refractivity contribution >= 4 is 17.6 Å². The van der Waals surface area contributed by atoms with Gasteiger partial charge in [-0.25, -0.2) is 0 Å². The van der Waals surface area contributed by atoms with Crippen LogP contribution in [0.15, 0.2) is 6.07 Å². The SMILES string of the molecule is Nc1cc(N2C[C@@H]3CCOC[C@]3(CO)C2)nc(N2CCCC2)n1. The Morgan fingerprint density at radius 3 is 2.87 bits per heavy atom. The zero-order chi connectivity index (χ0) is 15.9. The molecule has 126 valence electrons. The molecular weight excluding hydrogens is 294 g/mol. The molecule has 0 aliphatic carbocycles. The second-order valence-corrected chi connectivity index (χ2v) is 7.08. The number of ether oxygens (including phenoxy) is 1. The lowest BCUT2D eigenvalue weighted by Gasteiger charge is -2.36. The van der Waals surface area contributed by atoms with E-state index in [9.17, 15) is 5.11 Å². The molecule has 0 spiro atoms. The summed E-state index contributed by atoms with van der Waals surface area (Å²) >= 11 is 0. The highest BCUT2D eigenvalue weighted by atomic mass is 16.5. The van der Waals surface area contributed by atoms with Crippen LogP contribution in [-0.4, -0.2) is 61.1 Å². The van der Waals surface area contributed by atoms with Crippen molar-refractivity contribution in [2.24, 2.45) is 11.3 Å². The van der Waals surface area contributed by atoms with E-state index in [0.29, 0.717) is 18.3 Å². The van der Waals surface area contributed by atoms with Crippen LogP contribution in [0.2, 0.25) is 0 Å². The van der Waals surface area contributed by atoms with Gasteiger partial charge in [0.05, 0.1) is 13.2 Å². The Kier molecular flexibility index (Phi) is 3.77. The average Bonchev–Trinajstić information content (AvgIpc) is 3.22. The van der Waals surface area contributed by atoms with Gasteiger partial charge in [-0.3, -0.25) is 0 Å². The summed E-state index contributed by atoms with van der Waals surface area (Å²) in [6, 6.07) is 1.85. The normalized spacial score (nSPS) is 30.7. The molecule has 2 atom stereocenters. The summed E-state index contributed by atoms with van der Waals surface area (Å²) in [7, 11) is 0. The molecule has 3 saturated heterocycles. The summed E-state index contributed by atoms with van der Waals surface area (Å²) in [4.78, 5) is 13.6. The van der Waals surface area contributed by atoms with Crippen LogP contribution in [0, 0.1) is 11.3 Å². The fourth-order valence-electron chi connectivity index (χ4n) is 4.15. The van der Waals surface area contributed by atoms with Gasteiger partial charge in [0, 0.05) is 44.3 Å². The molecule has 0 aromatic carbocycles. The van der Waals surface area contributed by atoms with E-state index in [1.54, 1.807) is 0 Å². The number of aromatic nitrogens is 2. The van der Waals surface area contributed by atoms with Crippen molar-refractivity contribution in [3.05, 3.63) is 6.07 Å². The number of fused-ring (bicyclic) bond motifs is 1. The van der Waals surface area contributed by atoms with Crippen molar-refractivity contribution in [2.45, 2.75) is 19.3 Å². The van der Waals surface area contributed by atoms with E-state index in [1.165, 1.54) is 12.8 Å². The highest BCUT2D eigenvalue weighted by Gasteiger charge is 2.48. The second-order valence-electron chi connectivity index (χ2n) is 7.08. The predicted octanol–water partition coefficient (Wildman–Crippen LogP) is 0.494. The third-order valence-electron chi connectivity index (χ3n) is 5.56. The van der Waals surface area contributed by atoms with E-state index >= 15 is 0 Å². The number of anilines is 3. The molecule has 3 aliphatic rings. The highest BCUT2D eigenvalue weighted by Crippen LogP contribution is 2.42. The fourth-order valence-corrected chi connectivity index (χ4v) is 4.15. The van der Waals surface area contributed by atoms with Crippen molar-refractivity contribution in [3.8, 4) is 0 Å². The maximum absolute atomic E-state index is 9.93. The molecule has 0 radical (unpaired) electrons. The van der Waals surface area contributed by atoms with Gasteiger partial charge in [0.2, 0.25) is 5.95 Å². The Morgan fingerprint density at radius 1 is 1.30 bits per heavy atom. The molecule has 0 bridgehead atoms. The van der Waals surface area contributed by atoms with Crippen LogP contribution in [-0.2, 0) is 4.74 Å². The lowest BCUT2D eigenvalue weighted by Crippen LogP contribution is -2.43. The first-order valence-electron chi connectivity index (χ1n) is 8.53. The van der Waals surface area contributed by atoms with Gasteiger partial charge in [0.25, 0.3) is 0 Å². The zero-order valence-corrected chi connectivity index (χ0v) is 13.4. The van der Waals surface area contributed by atoms with Gasteiger partial charge in [-0.1, -0.05) is 0 Å². The standard InChI is InChI=1S/C16H25N5O2/c17-13-7-14(19-15(18-13)20-4-1-2-5-20)21-8-12-3-6-23-11-16(12,9-21)10-22/h7,12,22H,1-6,8-11H2,(H2,17,18,19)/t12-,16+/m0/s1. The van der Waals surface area contributed by atoms with Gasteiger partial charge in [-0.15, -0.1) is 0 Å². The molecule has 0 amide bonds. The smallest absolute Gasteiger partial charge is 0.229 e. The number of rotatable bonds is 3. The molecule has 0 saturated carbocycles. The summed E-state index contributed by atoms with van der Waals surface area (Å²) in [6.07, 6.45) is 3.37. The molecule has 7 nitrogen and oxygen atoms in total. The minimum Gasteiger partial charge on any atom is -0.396 e. The van der Waals surface area contributed by atoms with Crippen molar-refractivity contribution in [2.75, 3.05) is 61.5 Å². The molecule has 3 aliphatic heterocycles. The monoisotopic (exact) mass is 319 g/mol. The first-order chi connectivity index (χ1) is 11.2. The molecule has 0 unspecified atom stereocenters. The molecule has 4 heterocycles. The molecule has 3 fully saturated rings. The summed E-state index contributed by atoms with van der Waals surface area (Å²) < 4.78 is 5.64. The van der Waals surface area contributed by atoms with Gasteiger partial charge >= 0.3 is 0 Å². The summed E-state index contributed by atoms with van der Waals surface area (Å²) in [5, 5.41) is 9.93. The van der Waals surface area contributed by atoms with E-state index in [2.05, 4.69) is 14.8 Å². The summed E-state index contributed by atoms with van der Waals surface area (Å²) in [6.45, 7) is 5.24. The number of hydrogen-bond acceptors (Lipinski definition) is 7. The van der Waals surface area contributed by atoms with E-state index in [0.717, 1.165) is 51.0 Å². The Balaban J connectivity index is 1.60. The minimum atomic E-state index is -0.161. The second kappa shape index (κ2) is 5.79. The van der Waals surface area contributed by atoms with E-state index in [4.69, 9.17) is 15.5 Å². The van der Waals surface area contributed by atoms with Crippen molar-refractivity contribution in [3.63, 3.8) is 0 Å². The maximum Gasteiger partial charge on any atom is 0.229 e. The summed E-state index contributed by atoms with van der Waals surface area (Å²) in [5.74, 6) is 2.58. The zero-order valence-electron chi connectivity index (χ0n) is 13.4. The van der Waals surface area contributed by atoms with Crippen LogP contribution >= 0.6 is 0 Å². The Bertz CT molecular complexity index is 578. The average molecular weight is 319 g/mol. The quantitative estimate of drug-likeness (QED) is 0.838. The number of nitrogens with two attached hydrogens (primary N) is 1. The molecule has 3 N–H and O–H groups in total. The Morgan fingerprint density at radius 2 is 2.13 bits per heavy atom. The van der Waals surface area contributed by atoms with Crippen LogP contribution in [0.5, 0.6) is 0 Å². The van der Waals surface area contributed by atoms with Crippen LogP contribution in [0.3, 0.4) is 0 Å². The van der Waals surface area contributed by atoms with Gasteiger partial charge in [-0.2, -0.15) is 9.97 Å². The maximum atomic E-state index is 9.93. The number of aliphatic hydroxyl groups is 1. The van der Waals surface area contributed by atoms with Crippen molar-refractivity contribution < 1.29 is 9.84 Å². The fraction of sp³-hybridized carbons (Fsp3) is 0.750. The molecule has 1 aromatic heterocycles. The lowest BCUT2D eigenvalue weighted by atomic mass is 9.76. The molecular formula is C16H25N5O2. The van der Waals surface area contributed by atoms with Gasteiger partial charge in [-0.05, 0) is 25.2 Å². The first kappa shape index (κ1) is 15.0. The van der Waals surface area contributed by atoms with E-state index in [1.807, 2.05) is 6.07 Å². The minimum absolute atomic E-state index is 0.160. The molecule has 7 heteroatoms. The number of nitrogen functional groups attached to an aromatic ring is 1. The van der Waals surface area contributed by atoms with Crippen molar-refractivity contribution in [1.82, 2.24) is 9.97 Å². The van der Waals surface area contributed by atoms with Crippen molar-refractivity contribution in [1.29, 1.82) is 0 Å². The highest BCUT2D eigenvalue weighted by molar-refractivity contribution is 5.53. The third kappa shape index (κ3) is 2.61. The molecule has 4 rings (SSSR count). The van der Waals surface area contributed by atoms with Gasteiger partial charge in [0.1, 0.15) is 11.6 Å². The predicted molar refractivity (Wildman–Crippen MR) is 88.5 cm³/mol. The van der Waals surface area contributed by atoms with Gasteiger partial charge < -0.3 is 25.4 Å². The van der Waals surface area contributed by atoms with Crippen LogP contribution in [0.25, 0.3) is 0 Å². The number of hydrogen-bond donors (Lipinski definition) is 2. The van der Waals surface area contributed by atoms with Crippen LogP contribution < -0.4 is 15.5 Å².